The summed E-state index contributed by atoms with van der Waals surface area (Å²) >= 11 is 0. The zero-order valence-electron chi connectivity index (χ0n) is 12.7. The Labute approximate surface area is 124 Å². The molecule has 0 amide bonds. The summed E-state index contributed by atoms with van der Waals surface area (Å²) in [7, 11) is 1.65. The highest BCUT2D eigenvalue weighted by atomic mass is 16.5. The SMILES string of the molecule is COCCNCc1nn(-c2ccc(C)cc2)c(C)cc1=O. The molecule has 2 aromatic rings. The largest absolute Gasteiger partial charge is 0.383 e. The predicted octanol–water partition coefficient (Wildman–Crippen LogP) is 1.59. The zero-order chi connectivity index (χ0) is 15.2. The highest BCUT2D eigenvalue weighted by Gasteiger charge is 2.07. The monoisotopic (exact) mass is 287 g/mol. The van der Waals surface area contributed by atoms with Crippen LogP contribution in [0.2, 0.25) is 0 Å². The Morgan fingerprint density at radius 2 is 1.95 bits per heavy atom. The number of hydrogen-bond acceptors (Lipinski definition) is 4. The van der Waals surface area contributed by atoms with Gasteiger partial charge in [0.05, 0.1) is 12.3 Å². The molecule has 0 radical (unpaired) electrons. The van der Waals surface area contributed by atoms with Crippen LogP contribution in [0.15, 0.2) is 35.1 Å². The van der Waals surface area contributed by atoms with Crippen LogP contribution in [-0.2, 0) is 11.3 Å². The lowest BCUT2D eigenvalue weighted by atomic mass is 10.2. The van der Waals surface area contributed by atoms with E-state index in [0.717, 1.165) is 11.4 Å². The van der Waals surface area contributed by atoms with Gasteiger partial charge in [-0.25, -0.2) is 4.68 Å². The lowest BCUT2D eigenvalue weighted by Gasteiger charge is -2.12. The number of nitrogens with one attached hydrogen (secondary N) is 1. The van der Waals surface area contributed by atoms with Crippen molar-refractivity contribution in [2.45, 2.75) is 20.4 Å². The molecule has 0 saturated carbocycles. The van der Waals surface area contributed by atoms with Crippen LogP contribution in [0.1, 0.15) is 17.0 Å². The highest BCUT2D eigenvalue weighted by molar-refractivity contribution is 5.35. The first-order valence-corrected chi connectivity index (χ1v) is 6.98. The van der Waals surface area contributed by atoms with Gasteiger partial charge in [-0.05, 0) is 26.0 Å². The van der Waals surface area contributed by atoms with Crippen LogP contribution in [0.4, 0.5) is 0 Å². The maximum absolute atomic E-state index is 12.0. The fraction of sp³-hybridized carbons (Fsp3) is 0.375. The number of nitrogens with zero attached hydrogens (tertiary/aromatic N) is 2. The second kappa shape index (κ2) is 7.15. The molecule has 1 aromatic heterocycles. The molecule has 0 saturated heterocycles. The fourth-order valence-electron chi connectivity index (χ4n) is 2.03. The minimum atomic E-state index is -0.0409. The van der Waals surface area contributed by atoms with Crippen molar-refractivity contribution in [2.24, 2.45) is 0 Å². The molecule has 5 heteroatoms. The summed E-state index contributed by atoms with van der Waals surface area (Å²) in [5.41, 5.74) is 3.44. The van der Waals surface area contributed by atoms with E-state index in [0.29, 0.717) is 25.4 Å². The summed E-state index contributed by atoms with van der Waals surface area (Å²) < 4.78 is 6.77. The van der Waals surface area contributed by atoms with Crippen LogP contribution in [0, 0.1) is 13.8 Å². The third kappa shape index (κ3) is 4.00. The van der Waals surface area contributed by atoms with E-state index in [1.807, 2.05) is 38.1 Å². The van der Waals surface area contributed by atoms with Gasteiger partial charge in [0, 0.05) is 32.0 Å². The molecule has 0 fully saturated rings. The van der Waals surface area contributed by atoms with Gasteiger partial charge in [0.25, 0.3) is 0 Å². The lowest BCUT2D eigenvalue weighted by molar-refractivity contribution is 0.199. The van der Waals surface area contributed by atoms with E-state index < -0.39 is 0 Å². The molecule has 0 aliphatic carbocycles. The minimum Gasteiger partial charge on any atom is -0.383 e. The Morgan fingerprint density at radius 3 is 2.62 bits per heavy atom. The van der Waals surface area contributed by atoms with Crippen molar-refractivity contribution in [2.75, 3.05) is 20.3 Å². The van der Waals surface area contributed by atoms with Crippen LogP contribution in [0.25, 0.3) is 5.69 Å². The summed E-state index contributed by atoms with van der Waals surface area (Å²) in [6.07, 6.45) is 0. The number of benzene rings is 1. The van der Waals surface area contributed by atoms with E-state index in [4.69, 9.17) is 4.74 Å². The van der Waals surface area contributed by atoms with Gasteiger partial charge in [0.1, 0.15) is 5.69 Å². The standard InChI is InChI=1S/C16H21N3O2/c1-12-4-6-14(7-5-12)19-13(2)10-16(20)15(18-19)11-17-8-9-21-3/h4-7,10,17H,8-9,11H2,1-3H3. The van der Waals surface area contributed by atoms with Crippen molar-refractivity contribution in [3.63, 3.8) is 0 Å². The Bertz CT molecular complexity index is 648. The molecule has 2 rings (SSSR count). The highest BCUT2D eigenvalue weighted by Crippen LogP contribution is 2.10. The lowest BCUT2D eigenvalue weighted by Crippen LogP contribution is -2.26. The summed E-state index contributed by atoms with van der Waals surface area (Å²) in [4.78, 5) is 12.0. The molecule has 0 spiro atoms. The first-order valence-electron chi connectivity index (χ1n) is 6.98. The van der Waals surface area contributed by atoms with Crippen LogP contribution in [-0.4, -0.2) is 30.0 Å². The molecule has 5 nitrogen and oxygen atoms in total. The molecule has 0 aliphatic rings. The van der Waals surface area contributed by atoms with E-state index >= 15 is 0 Å². The Hall–Kier alpha value is -1.98. The van der Waals surface area contributed by atoms with Gasteiger partial charge in [-0.3, -0.25) is 4.79 Å². The van der Waals surface area contributed by atoms with E-state index in [2.05, 4.69) is 10.4 Å². The molecular formula is C16H21N3O2. The summed E-state index contributed by atoms with van der Waals surface area (Å²) in [5.74, 6) is 0. The number of hydrogen-bond donors (Lipinski definition) is 1. The maximum atomic E-state index is 12.0. The minimum absolute atomic E-state index is 0.0409. The van der Waals surface area contributed by atoms with Crippen molar-refractivity contribution in [1.29, 1.82) is 0 Å². The summed E-state index contributed by atoms with van der Waals surface area (Å²) in [6, 6.07) is 9.69. The van der Waals surface area contributed by atoms with E-state index in [1.165, 1.54) is 5.56 Å². The van der Waals surface area contributed by atoms with Crippen molar-refractivity contribution in [3.05, 3.63) is 57.5 Å². The van der Waals surface area contributed by atoms with Gasteiger partial charge in [-0.15, -0.1) is 0 Å². The van der Waals surface area contributed by atoms with E-state index in [1.54, 1.807) is 17.9 Å². The molecule has 1 heterocycles. The van der Waals surface area contributed by atoms with Gasteiger partial charge >= 0.3 is 0 Å². The smallest absolute Gasteiger partial charge is 0.204 e. The Balaban J connectivity index is 2.25. The molecule has 1 N–H and O–H groups in total. The van der Waals surface area contributed by atoms with Gasteiger partial charge in [-0.2, -0.15) is 5.10 Å². The summed E-state index contributed by atoms with van der Waals surface area (Å²) in [5, 5.41) is 7.62. The number of rotatable bonds is 6. The molecular weight excluding hydrogens is 266 g/mol. The first kappa shape index (κ1) is 15.4. The van der Waals surface area contributed by atoms with Crippen LogP contribution in [0.3, 0.4) is 0 Å². The number of ether oxygens (including phenoxy) is 1. The van der Waals surface area contributed by atoms with Gasteiger partial charge in [0.2, 0.25) is 5.43 Å². The van der Waals surface area contributed by atoms with Gasteiger partial charge in [0.15, 0.2) is 0 Å². The van der Waals surface area contributed by atoms with Gasteiger partial charge in [-0.1, -0.05) is 17.7 Å². The zero-order valence-corrected chi connectivity index (χ0v) is 12.7. The normalized spacial score (nSPS) is 10.8. The van der Waals surface area contributed by atoms with Crippen LogP contribution < -0.4 is 10.7 Å². The van der Waals surface area contributed by atoms with Crippen molar-refractivity contribution in [1.82, 2.24) is 15.1 Å². The molecule has 1 aromatic carbocycles. The fourth-order valence-corrected chi connectivity index (χ4v) is 2.03. The third-order valence-corrected chi connectivity index (χ3v) is 3.23. The second-order valence-electron chi connectivity index (χ2n) is 5.01. The average molecular weight is 287 g/mol. The van der Waals surface area contributed by atoms with Crippen molar-refractivity contribution in [3.8, 4) is 5.69 Å². The molecule has 0 atom stereocenters. The molecule has 112 valence electrons. The number of aromatic nitrogens is 2. The molecule has 0 unspecified atom stereocenters. The first-order chi connectivity index (χ1) is 10.1. The van der Waals surface area contributed by atoms with Crippen molar-refractivity contribution < 1.29 is 4.74 Å². The van der Waals surface area contributed by atoms with Crippen LogP contribution >= 0.6 is 0 Å². The Kier molecular flexibility index (Phi) is 5.25. The van der Waals surface area contributed by atoms with E-state index in [-0.39, 0.29) is 5.43 Å². The maximum Gasteiger partial charge on any atom is 0.204 e. The third-order valence-electron chi connectivity index (χ3n) is 3.23. The van der Waals surface area contributed by atoms with Gasteiger partial charge < -0.3 is 10.1 Å². The summed E-state index contributed by atoms with van der Waals surface area (Å²) in [6.45, 7) is 5.67. The quantitative estimate of drug-likeness (QED) is 0.820. The number of aryl methyl sites for hydroxylation is 2. The molecule has 0 aliphatic heterocycles. The van der Waals surface area contributed by atoms with Crippen molar-refractivity contribution >= 4 is 0 Å². The topological polar surface area (TPSA) is 56.1 Å². The van der Waals surface area contributed by atoms with E-state index in [9.17, 15) is 4.79 Å². The average Bonchev–Trinajstić information content (AvgIpc) is 2.47. The second-order valence-corrected chi connectivity index (χ2v) is 5.01. The molecule has 21 heavy (non-hydrogen) atoms. The predicted molar refractivity (Wildman–Crippen MR) is 82.9 cm³/mol. The van der Waals surface area contributed by atoms with Crippen LogP contribution in [0.5, 0.6) is 0 Å². The number of methoxy groups -OCH3 is 1. The molecule has 0 bridgehead atoms. The Morgan fingerprint density at radius 1 is 1.24 bits per heavy atom.